The van der Waals surface area contributed by atoms with Gasteiger partial charge in [0.2, 0.25) is 10.0 Å². The number of fused-ring (bicyclic) bond motifs is 1. The van der Waals surface area contributed by atoms with Crippen molar-refractivity contribution >= 4 is 31.6 Å². The summed E-state index contributed by atoms with van der Waals surface area (Å²) in [5.41, 5.74) is 1.79. The van der Waals surface area contributed by atoms with Gasteiger partial charge in [0.1, 0.15) is 0 Å². The molecule has 3 aromatic rings. The number of aromatic nitrogens is 1. The van der Waals surface area contributed by atoms with E-state index in [0.717, 1.165) is 35.3 Å². The summed E-state index contributed by atoms with van der Waals surface area (Å²) in [6.07, 6.45) is 1.72. The van der Waals surface area contributed by atoms with Gasteiger partial charge in [0.25, 0.3) is 0 Å². The molecule has 0 saturated heterocycles. The van der Waals surface area contributed by atoms with E-state index in [4.69, 9.17) is 0 Å². The van der Waals surface area contributed by atoms with Crippen LogP contribution in [-0.2, 0) is 16.6 Å². The van der Waals surface area contributed by atoms with Gasteiger partial charge in [-0.15, -0.1) is 0 Å². The number of thiazole rings is 1. The van der Waals surface area contributed by atoms with Crippen LogP contribution in [0, 0.1) is 0 Å². The van der Waals surface area contributed by atoms with Crippen LogP contribution in [0.2, 0.25) is 0 Å². The molecular weight excluding hydrogens is 356 g/mol. The molecule has 0 spiro atoms. The van der Waals surface area contributed by atoms with Crippen molar-refractivity contribution in [3.8, 4) is 0 Å². The molecule has 0 amide bonds. The number of sulfonamides is 1. The molecule has 1 heterocycles. The summed E-state index contributed by atoms with van der Waals surface area (Å²) < 4.78 is 29.6. The maximum atomic E-state index is 12.3. The van der Waals surface area contributed by atoms with Crippen molar-refractivity contribution in [1.29, 1.82) is 0 Å². The molecule has 0 bridgehead atoms. The van der Waals surface area contributed by atoms with Crippen LogP contribution in [0.3, 0.4) is 0 Å². The second-order valence-corrected chi connectivity index (χ2v) is 8.58. The van der Waals surface area contributed by atoms with Gasteiger partial charge in [-0.05, 0) is 30.2 Å². The molecule has 0 radical (unpaired) electrons. The largest absolute Gasteiger partial charge is 0.308 e. The highest BCUT2D eigenvalue weighted by Crippen LogP contribution is 2.22. The molecule has 3 rings (SSSR count). The Kier molecular flexibility index (Phi) is 5.36. The first-order valence-electron chi connectivity index (χ1n) is 8.18. The molecule has 25 heavy (non-hydrogen) atoms. The smallest absolute Gasteiger partial charge is 0.294 e. The minimum atomic E-state index is -3.54. The average molecular weight is 377 g/mol. The molecule has 0 aliphatic carbocycles. The van der Waals surface area contributed by atoms with Crippen LogP contribution >= 0.6 is 11.3 Å². The van der Waals surface area contributed by atoms with Gasteiger partial charge in [-0.25, -0.2) is 13.1 Å². The lowest BCUT2D eigenvalue weighted by Crippen LogP contribution is -2.24. The lowest BCUT2D eigenvalue weighted by atomic mass is 10.2. The second-order valence-electron chi connectivity index (χ2n) is 5.82. The summed E-state index contributed by atoms with van der Waals surface area (Å²) in [6.45, 7) is 2.90. The van der Waals surface area contributed by atoms with Crippen molar-refractivity contribution in [2.24, 2.45) is 0 Å². The van der Waals surface area contributed by atoms with Crippen LogP contribution in [0.1, 0.15) is 25.3 Å². The lowest BCUT2D eigenvalue weighted by molar-refractivity contribution is 0.578. The molecular formula is C18H20N2O3S2. The summed E-state index contributed by atoms with van der Waals surface area (Å²) in [5, 5.41) is 0. The zero-order valence-electron chi connectivity index (χ0n) is 13.9. The van der Waals surface area contributed by atoms with Gasteiger partial charge in [-0.2, -0.15) is 0 Å². The van der Waals surface area contributed by atoms with E-state index in [-0.39, 0.29) is 9.77 Å². The Morgan fingerprint density at radius 2 is 1.88 bits per heavy atom. The normalized spacial score (nSPS) is 11.9. The molecule has 2 aromatic carbocycles. The highest BCUT2D eigenvalue weighted by molar-refractivity contribution is 7.89. The van der Waals surface area contributed by atoms with E-state index >= 15 is 0 Å². The van der Waals surface area contributed by atoms with Crippen molar-refractivity contribution in [3.63, 3.8) is 0 Å². The molecule has 7 heteroatoms. The Bertz CT molecular complexity index is 1020. The summed E-state index contributed by atoms with van der Waals surface area (Å²) in [6, 6.07) is 14.6. The van der Waals surface area contributed by atoms with Gasteiger partial charge >= 0.3 is 4.87 Å². The van der Waals surface area contributed by atoms with Gasteiger partial charge in [0, 0.05) is 6.54 Å². The van der Waals surface area contributed by atoms with Crippen LogP contribution in [0.25, 0.3) is 10.2 Å². The van der Waals surface area contributed by atoms with Gasteiger partial charge in [-0.3, -0.25) is 9.36 Å². The zero-order chi connectivity index (χ0) is 17.9. The number of rotatable bonds is 7. The summed E-state index contributed by atoms with van der Waals surface area (Å²) in [5.74, 6) is 0. The van der Waals surface area contributed by atoms with E-state index in [1.807, 2.05) is 37.3 Å². The van der Waals surface area contributed by atoms with E-state index in [0.29, 0.717) is 17.8 Å². The van der Waals surface area contributed by atoms with Gasteiger partial charge in [-0.1, -0.05) is 55.0 Å². The summed E-state index contributed by atoms with van der Waals surface area (Å²) >= 11 is 1.07. The van der Waals surface area contributed by atoms with Gasteiger partial charge in [0.05, 0.1) is 21.7 Å². The number of hydrogen-bond donors (Lipinski definition) is 1. The molecule has 0 atom stereocenters. The first-order valence-corrected chi connectivity index (χ1v) is 10.5. The van der Waals surface area contributed by atoms with Crippen molar-refractivity contribution in [2.45, 2.75) is 31.2 Å². The summed E-state index contributed by atoms with van der Waals surface area (Å²) in [4.78, 5) is 12.4. The third-order valence-electron chi connectivity index (χ3n) is 3.96. The van der Waals surface area contributed by atoms with E-state index in [1.165, 1.54) is 0 Å². The number of unbranched alkanes of at least 4 members (excludes halogenated alkanes) is 1. The monoisotopic (exact) mass is 376 g/mol. The lowest BCUT2D eigenvalue weighted by Gasteiger charge is -2.07. The minimum Gasteiger partial charge on any atom is -0.294 e. The predicted octanol–water partition coefficient (Wildman–Crippen LogP) is 3.19. The number of nitrogens with zero attached hydrogens (tertiary/aromatic N) is 1. The first-order chi connectivity index (χ1) is 12.0. The van der Waals surface area contributed by atoms with Crippen molar-refractivity contribution in [1.82, 2.24) is 9.29 Å². The van der Waals surface area contributed by atoms with E-state index in [9.17, 15) is 13.2 Å². The molecule has 0 aliphatic rings. The summed E-state index contributed by atoms with van der Waals surface area (Å²) in [7, 11) is -3.54. The van der Waals surface area contributed by atoms with Crippen LogP contribution in [0.4, 0.5) is 0 Å². The Hall–Kier alpha value is -1.96. The van der Waals surface area contributed by atoms with E-state index in [2.05, 4.69) is 4.72 Å². The Morgan fingerprint density at radius 3 is 2.60 bits per heavy atom. The zero-order valence-corrected chi connectivity index (χ0v) is 15.6. The molecule has 5 nitrogen and oxygen atoms in total. The number of benzene rings is 2. The molecule has 0 unspecified atom stereocenters. The quantitative estimate of drug-likeness (QED) is 0.644. The maximum Gasteiger partial charge on any atom is 0.308 e. The van der Waals surface area contributed by atoms with Gasteiger partial charge < -0.3 is 0 Å². The Labute approximate surface area is 151 Å². The van der Waals surface area contributed by atoms with Crippen molar-refractivity contribution in [3.05, 3.63) is 63.8 Å². The fourth-order valence-electron chi connectivity index (χ4n) is 2.60. The third kappa shape index (κ3) is 4.00. The highest BCUT2D eigenvalue weighted by atomic mass is 32.2. The first kappa shape index (κ1) is 17.8. The third-order valence-corrected chi connectivity index (χ3v) is 6.36. The minimum absolute atomic E-state index is 0.0904. The SMILES string of the molecule is CCCCNS(=O)(=O)c1ccc2c(c1)sc(=O)n2Cc1ccccc1. The second kappa shape index (κ2) is 7.51. The molecule has 0 saturated carbocycles. The van der Waals surface area contributed by atoms with E-state index in [1.54, 1.807) is 22.8 Å². The number of hydrogen-bond acceptors (Lipinski definition) is 4. The van der Waals surface area contributed by atoms with Crippen LogP contribution in [0.5, 0.6) is 0 Å². The maximum absolute atomic E-state index is 12.3. The molecule has 0 aliphatic heterocycles. The fourth-order valence-corrected chi connectivity index (χ4v) is 4.70. The molecule has 1 N–H and O–H groups in total. The van der Waals surface area contributed by atoms with Crippen LogP contribution < -0.4 is 9.60 Å². The average Bonchev–Trinajstić information content (AvgIpc) is 2.91. The Balaban J connectivity index is 1.94. The number of nitrogens with one attached hydrogen (secondary N) is 1. The van der Waals surface area contributed by atoms with Gasteiger partial charge in [0.15, 0.2) is 0 Å². The Morgan fingerprint density at radius 1 is 1.12 bits per heavy atom. The molecule has 1 aromatic heterocycles. The highest BCUT2D eigenvalue weighted by Gasteiger charge is 2.16. The standard InChI is InChI=1S/C18H20N2O3S2/c1-2-3-11-19-25(22,23)15-9-10-16-17(12-15)24-18(21)20(16)13-14-7-5-4-6-8-14/h4-10,12,19H,2-3,11,13H2,1H3. The molecule has 132 valence electrons. The van der Waals surface area contributed by atoms with E-state index < -0.39 is 10.0 Å². The van der Waals surface area contributed by atoms with Crippen LogP contribution in [-0.4, -0.2) is 19.5 Å². The van der Waals surface area contributed by atoms with Crippen molar-refractivity contribution in [2.75, 3.05) is 6.54 Å². The van der Waals surface area contributed by atoms with Crippen LogP contribution in [0.15, 0.2) is 58.2 Å². The predicted molar refractivity (Wildman–Crippen MR) is 102 cm³/mol. The molecule has 0 fully saturated rings. The topological polar surface area (TPSA) is 68.2 Å². The fraction of sp³-hybridized carbons (Fsp3) is 0.278. The van der Waals surface area contributed by atoms with Crippen molar-refractivity contribution < 1.29 is 8.42 Å².